The van der Waals surface area contributed by atoms with Gasteiger partial charge in [0.15, 0.2) is 0 Å². The van der Waals surface area contributed by atoms with Crippen molar-refractivity contribution in [3.63, 3.8) is 0 Å². The lowest BCUT2D eigenvalue weighted by Gasteiger charge is -2.24. The highest BCUT2D eigenvalue weighted by molar-refractivity contribution is 6.33. The molecule has 0 aromatic heterocycles. The third kappa shape index (κ3) is 3.06. The van der Waals surface area contributed by atoms with E-state index in [2.05, 4.69) is 5.32 Å². The standard InChI is InChI=1S/C15H16ClFN2/c1-18-10-11-5-3-8-14(16)15(11)19(2)13-7-4-6-12(17)9-13/h3-9,18H,10H2,1-2H3. The summed E-state index contributed by atoms with van der Waals surface area (Å²) in [5.41, 5.74) is 2.73. The monoisotopic (exact) mass is 278 g/mol. The van der Waals surface area contributed by atoms with Crippen LogP contribution in [0.1, 0.15) is 5.56 Å². The second-order valence-electron chi connectivity index (χ2n) is 4.32. The van der Waals surface area contributed by atoms with Crippen LogP contribution in [-0.2, 0) is 6.54 Å². The van der Waals surface area contributed by atoms with Gasteiger partial charge in [0.1, 0.15) is 5.82 Å². The molecular formula is C15H16ClFN2. The van der Waals surface area contributed by atoms with Crippen molar-refractivity contribution in [1.82, 2.24) is 5.32 Å². The zero-order valence-electron chi connectivity index (χ0n) is 11.0. The predicted octanol–water partition coefficient (Wildman–Crippen LogP) is 3.97. The van der Waals surface area contributed by atoms with E-state index in [1.54, 1.807) is 6.07 Å². The van der Waals surface area contributed by atoms with Crippen LogP contribution >= 0.6 is 11.6 Å². The third-order valence-electron chi connectivity index (χ3n) is 2.97. The molecule has 0 unspecified atom stereocenters. The Morgan fingerprint density at radius 3 is 2.63 bits per heavy atom. The van der Waals surface area contributed by atoms with E-state index in [4.69, 9.17) is 11.6 Å². The number of hydrogen-bond acceptors (Lipinski definition) is 2. The molecule has 100 valence electrons. The fraction of sp³-hybridized carbons (Fsp3) is 0.200. The number of nitrogens with zero attached hydrogens (tertiary/aromatic N) is 1. The maximum Gasteiger partial charge on any atom is 0.125 e. The Kier molecular flexibility index (Phi) is 4.40. The Morgan fingerprint density at radius 1 is 1.21 bits per heavy atom. The smallest absolute Gasteiger partial charge is 0.125 e. The van der Waals surface area contributed by atoms with Crippen LogP contribution in [0.3, 0.4) is 0 Å². The summed E-state index contributed by atoms with van der Waals surface area (Å²) >= 11 is 6.29. The minimum absolute atomic E-state index is 0.258. The van der Waals surface area contributed by atoms with E-state index < -0.39 is 0 Å². The zero-order chi connectivity index (χ0) is 13.8. The lowest BCUT2D eigenvalue weighted by molar-refractivity contribution is 0.628. The van der Waals surface area contributed by atoms with Crippen molar-refractivity contribution in [3.05, 3.63) is 58.9 Å². The number of rotatable bonds is 4. The highest BCUT2D eigenvalue weighted by Gasteiger charge is 2.13. The van der Waals surface area contributed by atoms with Gasteiger partial charge in [0.05, 0.1) is 10.7 Å². The molecule has 2 nitrogen and oxygen atoms in total. The molecule has 4 heteroatoms. The van der Waals surface area contributed by atoms with Crippen molar-refractivity contribution >= 4 is 23.0 Å². The van der Waals surface area contributed by atoms with E-state index in [-0.39, 0.29) is 5.82 Å². The van der Waals surface area contributed by atoms with Crippen LogP contribution in [0, 0.1) is 5.82 Å². The van der Waals surface area contributed by atoms with Crippen molar-refractivity contribution in [2.45, 2.75) is 6.54 Å². The molecule has 0 fully saturated rings. The molecule has 2 aromatic rings. The second-order valence-corrected chi connectivity index (χ2v) is 4.72. The molecule has 2 aromatic carbocycles. The van der Waals surface area contributed by atoms with Crippen LogP contribution in [0.2, 0.25) is 5.02 Å². The molecule has 0 atom stereocenters. The summed E-state index contributed by atoms with van der Waals surface area (Å²) in [6.45, 7) is 0.704. The number of benzene rings is 2. The highest BCUT2D eigenvalue weighted by Crippen LogP contribution is 2.34. The van der Waals surface area contributed by atoms with Gasteiger partial charge in [-0.05, 0) is 36.9 Å². The van der Waals surface area contributed by atoms with Gasteiger partial charge < -0.3 is 10.2 Å². The molecule has 0 saturated carbocycles. The topological polar surface area (TPSA) is 15.3 Å². The van der Waals surface area contributed by atoms with Gasteiger partial charge in [-0.3, -0.25) is 0 Å². The molecule has 19 heavy (non-hydrogen) atoms. The summed E-state index contributed by atoms with van der Waals surface area (Å²) < 4.78 is 13.3. The summed E-state index contributed by atoms with van der Waals surface area (Å²) in [5.74, 6) is -0.258. The SMILES string of the molecule is CNCc1cccc(Cl)c1N(C)c1cccc(F)c1. The maximum atomic E-state index is 13.3. The zero-order valence-corrected chi connectivity index (χ0v) is 11.7. The summed E-state index contributed by atoms with van der Waals surface area (Å²) in [6, 6.07) is 12.2. The Bertz CT molecular complexity index is 572. The number of hydrogen-bond donors (Lipinski definition) is 1. The van der Waals surface area contributed by atoms with Gasteiger partial charge in [-0.1, -0.05) is 29.8 Å². The molecule has 1 N–H and O–H groups in total. The van der Waals surface area contributed by atoms with Crippen LogP contribution in [0.15, 0.2) is 42.5 Å². The van der Waals surface area contributed by atoms with Gasteiger partial charge in [-0.2, -0.15) is 0 Å². The molecular weight excluding hydrogens is 263 g/mol. The first-order valence-corrected chi connectivity index (χ1v) is 6.42. The Labute approximate surface area is 117 Å². The molecule has 0 saturated heterocycles. The molecule has 0 heterocycles. The van der Waals surface area contributed by atoms with E-state index >= 15 is 0 Å². The van der Waals surface area contributed by atoms with Crippen molar-refractivity contribution < 1.29 is 4.39 Å². The molecule has 0 radical (unpaired) electrons. The van der Waals surface area contributed by atoms with Crippen molar-refractivity contribution in [3.8, 4) is 0 Å². The largest absolute Gasteiger partial charge is 0.343 e. The molecule has 0 spiro atoms. The van der Waals surface area contributed by atoms with Gasteiger partial charge >= 0.3 is 0 Å². The summed E-state index contributed by atoms with van der Waals surface area (Å²) in [6.07, 6.45) is 0. The minimum atomic E-state index is -0.258. The fourth-order valence-corrected chi connectivity index (χ4v) is 2.40. The average Bonchev–Trinajstić information content (AvgIpc) is 2.39. The summed E-state index contributed by atoms with van der Waals surface area (Å²) in [4.78, 5) is 1.90. The Balaban J connectivity index is 2.45. The molecule has 0 aliphatic rings. The Morgan fingerprint density at radius 2 is 1.95 bits per heavy atom. The van der Waals surface area contributed by atoms with Crippen LogP contribution in [0.4, 0.5) is 15.8 Å². The Hall–Kier alpha value is -1.58. The molecule has 0 aliphatic heterocycles. The van der Waals surface area contributed by atoms with E-state index in [0.29, 0.717) is 11.6 Å². The first kappa shape index (κ1) is 13.8. The second kappa shape index (κ2) is 6.04. The number of para-hydroxylation sites is 1. The fourth-order valence-electron chi connectivity index (χ4n) is 2.08. The van der Waals surface area contributed by atoms with E-state index in [1.165, 1.54) is 12.1 Å². The van der Waals surface area contributed by atoms with E-state index in [9.17, 15) is 4.39 Å². The number of nitrogens with one attached hydrogen (secondary N) is 1. The van der Waals surface area contributed by atoms with Crippen LogP contribution in [0.5, 0.6) is 0 Å². The highest BCUT2D eigenvalue weighted by atomic mass is 35.5. The minimum Gasteiger partial charge on any atom is -0.343 e. The number of halogens is 2. The normalized spacial score (nSPS) is 10.5. The van der Waals surface area contributed by atoms with Gasteiger partial charge in [0.2, 0.25) is 0 Å². The third-order valence-corrected chi connectivity index (χ3v) is 3.27. The van der Waals surface area contributed by atoms with Crippen LogP contribution in [-0.4, -0.2) is 14.1 Å². The summed E-state index contributed by atoms with van der Waals surface area (Å²) in [7, 11) is 3.77. The van der Waals surface area contributed by atoms with Gasteiger partial charge in [-0.25, -0.2) is 4.39 Å². The molecule has 0 amide bonds. The molecule has 0 bridgehead atoms. The number of anilines is 2. The quantitative estimate of drug-likeness (QED) is 0.910. The first-order chi connectivity index (χ1) is 9.13. The first-order valence-electron chi connectivity index (χ1n) is 6.04. The lowest BCUT2D eigenvalue weighted by Crippen LogP contribution is -2.15. The molecule has 2 rings (SSSR count). The van der Waals surface area contributed by atoms with Gasteiger partial charge in [-0.15, -0.1) is 0 Å². The van der Waals surface area contributed by atoms with E-state index in [0.717, 1.165) is 16.9 Å². The van der Waals surface area contributed by atoms with E-state index in [1.807, 2.05) is 43.3 Å². The van der Waals surface area contributed by atoms with Gasteiger partial charge in [0.25, 0.3) is 0 Å². The maximum absolute atomic E-state index is 13.3. The van der Waals surface area contributed by atoms with Crippen molar-refractivity contribution in [2.24, 2.45) is 0 Å². The van der Waals surface area contributed by atoms with Crippen molar-refractivity contribution in [2.75, 3.05) is 19.0 Å². The summed E-state index contributed by atoms with van der Waals surface area (Å²) in [5, 5.41) is 3.76. The van der Waals surface area contributed by atoms with Gasteiger partial charge in [0, 0.05) is 19.3 Å². The lowest BCUT2D eigenvalue weighted by atomic mass is 10.1. The van der Waals surface area contributed by atoms with Crippen molar-refractivity contribution in [1.29, 1.82) is 0 Å². The predicted molar refractivity (Wildman–Crippen MR) is 78.7 cm³/mol. The molecule has 0 aliphatic carbocycles. The van der Waals surface area contributed by atoms with Crippen LogP contribution < -0.4 is 10.2 Å². The average molecular weight is 279 g/mol. The van der Waals surface area contributed by atoms with Crippen LogP contribution in [0.25, 0.3) is 0 Å².